The molecule has 3 saturated carbocycles. The highest BCUT2D eigenvalue weighted by Crippen LogP contribution is 2.66. The number of carbonyl (C=O) groups is 1. The van der Waals surface area contributed by atoms with Crippen LogP contribution >= 0.6 is 0 Å². The van der Waals surface area contributed by atoms with Crippen LogP contribution in [0.2, 0.25) is 0 Å². The van der Waals surface area contributed by atoms with Crippen LogP contribution in [0.5, 0.6) is 0 Å². The van der Waals surface area contributed by atoms with Gasteiger partial charge in [0.25, 0.3) is 0 Å². The first-order valence-corrected chi connectivity index (χ1v) is 5.64. The predicted molar refractivity (Wildman–Crippen MR) is 47.5 cm³/mol. The quantitative estimate of drug-likeness (QED) is 0.576. The van der Waals surface area contributed by atoms with E-state index in [1.807, 2.05) is 0 Å². The second-order valence-corrected chi connectivity index (χ2v) is 5.07. The van der Waals surface area contributed by atoms with E-state index in [0.29, 0.717) is 29.5 Å². The Bertz CT molecular complexity index is 298. The molecule has 14 heavy (non-hydrogen) atoms. The first-order valence-electron chi connectivity index (χ1n) is 5.64. The standard InChI is InChI=1S/C11H14O3/c12-10-6-1-2-7-9(10)8(5-6)11(7)13-3-4-14-11/h6-9H,1-5H2/t6-,7-,8+,9?/m0/s1. The summed E-state index contributed by atoms with van der Waals surface area (Å²) in [5.74, 6) is 1.62. The maximum atomic E-state index is 11.9. The molecule has 0 radical (unpaired) electrons. The second kappa shape index (κ2) is 2.22. The molecule has 3 heteroatoms. The molecule has 0 aromatic heterocycles. The highest BCUT2D eigenvalue weighted by atomic mass is 16.7. The number of carbonyl (C=O) groups excluding carboxylic acids is 1. The van der Waals surface area contributed by atoms with Crippen molar-refractivity contribution in [3.8, 4) is 0 Å². The Hall–Kier alpha value is -0.410. The molecule has 3 nitrogen and oxygen atoms in total. The van der Waals surface area contributed by atoms with E-state index in [1.54, 1.807) is 0 Å². The Morgan fingerprint density at radius 3 is 2.71 bits per heavy atom. The maximum Gasteiger partial charge on any atom is 0.175 e. The first kappa shape index (κ1) is 7.83. The van der Waals surface area contributed by atoms with Crippen LogP contribution in [0.4, 0.5) is 0 Å². The maximum absolute atomic E-state index is 11.9. The number of rotatable bonds is 0. The third-order valence-electron chi connectivity index (χ3n) is 4.73. The summed E-state index contributed by atoms with van der Waals surface area (Å²) in [6, 6.07) is 0. The van der Waals surface area contributed by atoms with Crippen LogP contribution in [0.25, 0.3) is 0 Å². The highest BCUT2D eigenvalue weighted by molar-refractivity contribution is 5.88. The fraction of sp³-hybridized carbons (Fsp3) is 0.909. The van der Waals surface area contributed by atoms with Crippen molar-refractivity contribution in [2.75, 3.05) is 13.2 Å². The summed E-state index contributed by atoms with van der Waals surface area (Å²) in [7, 11) is 0. The molecular weight excluding hydrogens is 180 g/mol. The first-order chi connectivity index (χ1) is 6.83. The van der Waals surface area contributed by atoms with Crippen molar-refractivity contribution >= 4 is 5.78 Å². The third kappa shape index (κ3) is 0.625. The molecule has 0 aromatic carbocycles. The van der Waals surface area contributed by atoms with Crippen LogP contribution in [0.3, 0.4) is 0 Å². The Kier molecular flexibility index (Phi) is 1.24. The van der Waals surface area contributed by atoms with E-state index in [4.69, 9.17) is 9.47 Å². The number of ketones is 1. The largest absolute Gasteiger partial charge is 0.347 e. The number of hydrogen-bond acceptors (Lipinski definition) is 3. The molecule has 0 N–H and O–H groups in total. The molecule has 0 aromatic rings. The minimum atomic E-state index is -0.314. The lowest BCUT2D eigenvalue weighted by Crippen LogP contribution is -2.63. The molecule has 1 unspecified atom stereocenters. The normalized spacial score (nSPS) is 52.4. The van der Waals surface area contributed by atoms with Gasteiger partial charge in [-0.3, -0.25) is 4.79 Å². The molecule has 2 bridgehead atoms. The van der Waals surface area contributed by atoms with Gasteiger partial charge in [-0.2, -0.15) is 0 Å². The van der Waals surface area contributed by atoms with Crippen molar-refractivity contribution in [2.45, 2.75) is 25.0 Å². The van der Waals surface area contributed by atoms with Crippen molar-refractivity contribution in [1.82, 2.24) is 0 Å². The Morgan fingerprint density at radius 1 is 1.14 bits per heavy atom. The van der Waals surface area contributed by atoms with E-state index in [2.05, 4.69) is 0 Å². The second-order valence-electron chi connectivity index (χ2n) is 5.07. The van der Waals surface area contributed by atoms with Gasteiger partial charge in [-0.25, -0.2) is 0 Å². The summed E-state index contributed by atoms with van der Waals surface area (Å²) in [6.07, 6.45) is 3.24. The summed E-state index contributed by atoms with van der Waals surface area (Å²) >= 11 is 0. The Labute approximate surface area is 82.8 Å². The van der Waals surface area contributed by atoms with E-state index in [0.717, 1.165) is 32.5 Å². The van der Waals surface area contributed by atoms with Gasteiger partial charge in [0.15, 0.2) is 5.79 Å². The smallest absolute Gasteiger partial charge is 0.175 e. The van der Waals surface area contributed by atoms with Gasteiger partial charge < -0.3 is 9.47 Å². The molecule has 1 saturated heterocycles. The topological polar surface area (TPSA) is 35.5 Å². The number of hydrogen-bond donors (Lipinski definition) is 0. The summed E-state index contributed by atoms with van der Waals surface area (Å²) in [4.78, 5) is 11.9. The fourth-order valence-corrected chi connectivity index (χ4v) is 4.23. The summed E-state index contributed by atoms with van der Waals surface area (Å²) in [5.41, 5.74) is 0. The summed E-state index contributed by atoms with van der Waals surface area (Å²) in [5, 5.41) is 0. The molecule has 4 aliphatic rings. The molecular formula is C11H14O3. The van der Waals surface area contributed by atoms with Gasteiger partial charge in [0.1, 0.15) is 5.78 Å². The van der Waals surface area contributed by atoms with Crippen LogP contribution in [-0.4, -0.2) is 24.8 Å². The molecule has 4 fully saturated rings. The van der Waals surface area contributed by atoms with E-state index in [9.17, 15) is 4.79 Å². The van der Waals surface area contributed by atoms with Gasteiger partial charge in [-0.1, -0.05) is 0 Å². The van der Waals surface area contributed by atoms with Gasteiger partial charge in [0, 0.05) is 23.7 Å². The lowest BCUT2D eigenvalue weighted by atomic mass is 9.58. The van der Waals surface area contributed by atoms with Crippen LogP contribution in [0.15, 0.2) is 0 Å². The lowest BCUT2D eigenvalue weighted by molar-refractivity contribution is -0.306. The number of fused-ring (bicyclic) bond motifs is 3. The van der Waals surface area contributed by atoms with Crippen LogP contribution in [-0.2, 0) is 14.3 Å². The predicted octanol–water partition coefficient (Wildman–Crippen LogP) is 0.974. The van der Waals surface area contributed by atoms with E-state index < -0.39 is 0 Å². The molecule has 4 rings (SSSR count). The van der Waals surface area contributed by atoms with Crippen molar-refractivity contribution in [3.05, 3.63) is 0 Å². The van der Waals surface area contributed by atoms with E-state index in [1.165, 1.54) is 0 Å². The molecule has 1 heterocycles. The molecule has 1 aliphatic heterocycles. The SMILES string of the molecule is O=C1C2[C@H]3C[C@@H]1CC[C@@H]2C31OCCO1. The zero-order valence-electron chi connectivity index (χ0n) is 8.07. The van der Waals surface area contributed by atoms with E-state index >= 15 is 0 Å². The van der Waals surface area contributed by atoms with Gasteiger partial charge in [0.05, 0.1) is 13.2 Å². The van der Waals surface area contributed by atoms with Crippen LogP contribution < -0.4 is 0 Å². The molecule has 1 spiro atoms. The molecule has 0 amide bonds. The van der Waals surface area contributed by atoms with Gasteiger partial charge in [-0.05, 0) is 19.3 Å². The zero-order chi connectivity index (χ0) is 9.34. The van der Waals surface area contributed by atoms with Crippen molar-refractivity contribution in [3.63, 3.8) is 0 Å². The van der Waals surface area contributed by atoms with Crippen LogP contribution in [0.1, 0.15) is 19.3 Å². The van der Waals surface area contributed by atoms with Crippen molar-refractivity contribution < 1.29 is 14.3 Å². The van der Waals surface area contributed by atoms with E-state index in [-0.39, 0.29) is 5.79 Å². The zero-order valence-corrected chi connectivity index (χ0v) is 8.07. The van der Waals surface area contributed by atoms with Gasteiger partial charge in [0.2, 0.25) is 0 Å². The Morgan fingerprint density at radius 2 is 1.93 bits per heavy atom. The summed E-state index contributed by atoms with van der Waals surface area (Å²) in [6.45, 7) is 1.44. The average molecular weight is 194 g/mol. The van der Waals surface area contributed by atoms with Crippen LogP contribution in [0, 0.1) is 23.7 Å². The van der Waals surface area contributed by atoms with Crippen molar-refractivity contribution in [1.29, 1.82) is 0 Å². The minimum absolute atomic E-state index is 0.298. The number of ether oxygens (including phenoxy) is 2. The average Bonchev–Trinajstić information content (AvgIpc) is 2.65. The lowest BCUT2D eigenvalue weighted by Gasteiger charge is -2.54. The van der Waals surface area contributed by atoms with Gasteiger partial charge in [-0.15, -0.1) is 0 Å². The third-order valence-corrected chi connectivity index (χ3v) is 4.73. The fourth-order valence-electron chi connectivity index (χ4n) is 4.23. The molecule has 76 valence electrons. The highest BCUT2D eigenvalue weighted by Gasteiger charge is 2.73. The monoisotopic (exact) mass is 194 g/mol. The minimum Gasteiger partial charge on any atom is -0.347 e. The summed E-state index contributed by atoms with van der Waals surface area (Å²) < 4.78 is 11.6. The Balaban J connectivity index is 1.77. The number of Topliss-reactive ketones (excluding diaryl/α,β-unsaturated/α-hetero) is 1. The van der Waals surface area contributed by atoms with Gasteiger partial charge >= 0.3 is 0 Å². The van der Waals surface area contributed by atoms with Crippen molar-refractivity contribution in [2.24, 2.45) is 23.7 Å². The molecule has 3 aliphatic carbocycles. The molecule has 4 atom stereocenters.